The molecule has 0 spiro atoms. The molecular weight excluding hydrogens is 218 g/mol. The normalized spacial score (nSPS) is 38.9. The van der Waals surface area contributed by atoms with Gasteiger partial charge in [-0.05, 0) is 37.5 Å². The number of carbonyl (C=O) groups is 2. The number of carbonyl (C=O) groups excluding carboxylic acids is 1. The van der Waals surface area contributed by atoms with E-state index < -0.39 is 12.0 Å². The fourth-order valence-electron chi connectivity index (χ4n) is 3.56. The number of fused-ring (bicyclic) bond motifs is 2. The Bertz CT molecular complexity index is 390. The first-order valence-electron chi connectivity index (χ1n) is 6.38. The van der Waals surface area contributed by atoms with Gasteiger partial charge < -0.3 is 10.0 Å². The van der Waals surface area contributed by atoms with E-state index in [2.05, 4.69) is 12.2 Å². The highest BCUT2D eigenvalue weighted by Gasteiger charge is 2.44. The number of carboxylic acids is 1. The molecule has 1 heterocycles. The Morgan fingerprint density at radius 1 is 1.24 bits per heavy atom. The summed E-state index contributed by atoms with van der Waals surface area (Å²) < 4.78 is 0. The second-order valence-corrected chi connectivity index (χ2v) is 5.41. The Labute approximate surface area is 100 Å². The summed E-state index contributed by atoms with van der Waals surface area (Å²) in [5.41, 5.74) is 0. The third-order valence-corrected chi connectivity index (χ3v) is 4.42. The number of carboxylic acid groups (broad SMARTS) is 1. The molecule has 0 radical (unpaired) electrons. The minimum Gasteiger partial charge on any atom is -0.480 e. The molecule has 1 saturated heterocycles. The first-order chi connectivity index (χ1) is 8.16. The smallest absolute Gasteiger partial charge is 0.326 e. The van der Waals surface area contributed by atoms with Crippen molar-refractivity contribution in [2.45, 2.75) is 31.7 Å². The van der Waals surface area contributed by atoms with Crippen LogP contribution in [0.5, 0.6) is 0 Å². The lowest BCUT2D eigenvalue weighted by Gasteiger charge is -2.27. The second-order valence-electron chi connectivity index (χ2n) is 5.41. The molecule has 0 aromatic carbocycles. The molecule has 4 heteroatoms. The number of allylic oxidation sites excluding steroid dienone is 2. The monoisotopic (exact) mass is 235 g/mol. The van der Waals surface area contributed by atoms with Crippen LogP contribution in [-0.2, 0) is 9.59 Å². The molecule has 1 saturated carbocycles. The highest BCUT2D eigenvalue weighted by molar-refractivity contribution is 5.86. The molecular formula is C13H17NO3. The van der Waals surface area contributed by atoms with Gasteiger partial charge in [0.1, 0.15) is 6.04 Å². The van der Waals surface area contributed by atoms with Crippen LogP contribution in [0.3, 0.4) is 0 Å². The van der Waals surface area contributed by atoms with Crippen molar-refractivity contribution in [3.63, 3.8) is 0 Å². The van der Waals surface area contributed by atoms with E-state index in [1.54, 1.807) is 4.90 Å². The number of hydrogen-bond donors (Lipinski definition) is 1. The molecule has 2 bridgehead atoms. The van der Waals surface area contributed by atoms with Crippen molar-refractivity contribution < 1.29 is 14.7 Å². The summed E-state index contributed by atoms with van der Waals surface area (Å²) in [4.78, 5) is 25.1. The lowest BCUT2D eigenvalue weighted by Crippen LogP contribution is -2.44. The molecule has 1 N–H and O–H groups in total. The van der Waals surface area contributed by atoms with Crippen molar-refractivity contribution >= 4 is 11.9 Å². The maximum atomic E-state index is 12.4. The van der Waals surface area contributed by atoms with Gasteiger partial charge in [-0.1, -0.05) is 12.2 Å². The largest absolute Gasteiger partial charge is 0.480 e. The van der Waals surface area contributed by atoms with E-state index in [1.807, 2.05) is 0 Å². The third-order valence-electron chi connectivity index (χ3n) is 4.42. The average molecular weight is 235 g/mol. The summed E-state index contributed by atoms with van der Waals surface area (Å²) in [6.07, 6.45) is 7.78. The van der Waals surface area contributed by atoms with Crippen molar-refractivity contribution in [1.82, 2.24) is 4.90 Å². The molecule has 0 aromatic heterocycles. The molecule has 4 atom stereocenters. The van der Waals surface area contributed by atoms with Gasteiger partial charge in [0.15, 0.2) is 0 Å². The Hall–Kier alpha value is -1.32. The summed E-state index contributed by atoms with van der Waals surface area (Å²) >= 11 is 0. The zero-order chi connectivity index (χ0) is 12.0. The Morgan fingerprint density at radius 2 is 2.06 bits per heavy atom. The number of amides is 1. The summed E-state index contributed by atoms with van der Waals surface area (Å²) in [5, 5.41) is 9.10. The molecule has 17 heavy (non-hydrogen) atoms. The Balaban J connectivity index is 1.74. The van der Waals surface area contributed by atoms with E-state index in [9.17, 15) is 9.59 Å². The van der Waals surface area contributed by atoms with Gasteiger partial charge in [-0.15, -0.1) is 0 Å². The summed E-state index contributed by atoms with van der Waals surface area (Å²) in [7, 11) is 0. The predicted octanol–water partition coefficient (Wildman–Crippen LogP) is 1.27. The van der Waals surface area contributed by atoms with Gasteiger partial charge in [0.2, 0.25) is 5.91 Å². The maximum absolute atomic E-state index is 12.4. The molecule has 4 nitrogen and oxygen atoms in total. The molecule has 3 aliphatic rings. The van der Waals surface area contributed by atoms with Crippen molar-refractivity contribution in [1.29, 1.82) is 0 Å². The van der Waals surface area contributed by atoms with Crippen LogP contribution < -0.4 is 0 Å². The Kier molecular flexibility index (Phi) is 2.45. The topological polar surface area (TPSA) is 57.6 Å². The fourth-order valence-corrected chi connectivity index (χ4v) is 3.56. The molecule has 2 fully saturated rings. The lowest BCUT2D eigenvalue weighted by molar-refractivity contribution is -0.150. The second kappa shape index (κ2) is 3.86. The number of likely N-dealkylation sites (tertiary alicyclic amines) is 1. The van der Waals surface area contributed by atoms with E-state index in [0.29, 0.717) is 24.8 Å². The summed E-state index contributed by atoms with van der Waals surface area (Å²) in [6, 6.07) is -0.578. The van der Waals surface area contributed by atoms with E-state index in [1.165, 1.54) is 0 Å². The molecule has 1 aliphatic heterocycles. The molecule has 3 rings (SSSR count). The van der Waals surface area contributed by atoms with Gasteiger partial charge in [-0.2, -0.15) is 0 Å². The molecule has 0 aromatic rings. The van der Waals surface area contributed by atoms with Crippen LogP contribution in [0.25, 0.3) is 0 Å². The van der Waals surface area contributed by atoms with Crippen LogP contribution in [0, 0.1) is 17.8 Å². The lowest BCUT2D eigenvalue weighted by atomic mass is 9.92. The third kappa shape index (κ3) is 1.66. The number of nitrogens with zero attached hydrogens (tertiary/aromatic N) is 1. The SMILES string of the molecule is O=C(O)[C@@H]1CCCN1C(=O)C1CC2C=CC1C2. The Morgan fingerprint density at radius 3 is 2.65 bits per heavy atom. The number of hydrogen-bond acceptors (Lipinski definition) is 2. The quantitative estimate of drug-likeness (QED) is 0.733. The molecule has 92 valence electrons. The van der Waals surface area contributed by atoms with Gasteiger partial charge in [0.25, 0.3) is 0 Å². The van der Waals surface area contributed by atoms with Gasteiger partial charge in [-0.3, -0.25) is 4.79 Å². The van der Waals surface area contributed by atoms with Crippen LogP contribution in [0.4, 0.5) is 0 Å². The van der Waals surface area contributed by atoms with Crippen molar-refractivity contribution in [3.05, 3.63) is 12.2 Å². The first kappa shape index (κ1) is 10.8. The van der Waals surface area contributed by atoms with Gasteiger partial charge in [-0.25, -0.2) is 4.79 Å². The molecule has 1 amide bonds. The predicted molar refractivity (Wildman–Crippen MR) is 61.2 cm³/mol. The van der Waals surface area contributed by atoms with Crippen molar-refractivity contribution in [3.8, 4) is 0 Å². The fraction of sp³-hybridized carbons (Fsp3) is 0.692. The number of rotatable bonds is 2. The van der Waals surface area contributed by atoms with E-state index >= 15 is 0 Å². The van der Waals surface area contributed by atoms with Crippen LogP contribution in [0.2, 0.25) is 0 Å². The van der Waals surface area contributed by atoms with Crippen LogP contribution in [-0.4, -0.2) is 34.5 Å². The molecule has 2 aliphatic carbocycles. The maximum Gasteiger partial charge on any atom is 0.326 e. The highest BCUT2D eigenvalue weighted by atomic mass is 16.4. The van der Waals surface area contributed by atoms with E-state index in [0.717, 1.165) is 19.3 Å². The van der Waals surface area contributed by atoms with E-state index in [4.69, 9.17) is 5.11 Å². The standard InChI is InChI=1S/C13H17NO3/c15-12(10-7-8-3-4-9(10)6-8)14-5-1-2-11(14)13(16)17/h3-4,8-11H,1-2,5-7H2,(H,16,17)/t8?,9?,10?,11-/m0/s1. The molecule has 3 unspecified atom stereocenters. The zero-order valence-electron chi connectivity index (χ0n) is 9.71. The van der Waals surface area contributed by atoms with Gasteiger partial charge in [0, 0.05) is 12.5 Å². The van der Waals surface area contributed by atoms with Crippen LogP contribution >= 0.6 is 0 Å². The zero-order valence-corrected chi connectivity index (χ0v) is 9.71. The van der Waals surface area contributed by atoms with E-state index in [-0.39, 0.29) is 11.8 Å². The van der Waals surface area contributed by atoms with Gasteiger partial charge in [0.05, 0.1) is 0 Å². The minimum atomic E-state index is -0.852. The summed E-state index contributed by atoms with van der Waals surface area (Å²) in [6.45, 7) is 0.618. The first-order valence-corrected chi connectivity index (χ1v) is 6.38. The van der Waals surface area contributed by atoms with Crippen LogP contribution in [0.15, 0.2) is 12.2 Å². The number of aliphatic carboxylic acids is 1. The van der Waals surface area contributed by atoms with Crippen LogP contribution in [0.1, 0.15) is 25.7 Å². The van der Waals surface area contributed by atoms with Gasteiger partial charge >= 0.3 is 5.97 Å². The summed E-state index contributed by atoms with van der Waals surface area (Å²) in [5.74, 6) is 0.189. The minimum absolute atomic E-state index is 0.0462. The van der Waals surface area contributed by atoms with Crippen molar-refractivity contribution in [2.75, 3.05) is 6.54 Å². The average Bonchev–Trinajstić information content (AvgIpc) is 3.02. The van der Waals surface area contributed by atoms with Crippen molar-refractivity contribution in [2.24, 2.45) is 17.8 Å². The highest BCUT2D eigenvalue weighted by Crippen LogP contribution is 2.44.